The molecule has 0 saturated carbocycles. The molecule has 1 heterocycles. The van der Waals surface area contributed by atoms with Crippen LogP contribution in [0.25, 0.3) is 11.1 Å². The minimum absolute atomic E-state index is 0.174. The molecule has 5 N–H and O–H groups in total. The predicted octanol–water partition coefficient (Wildman–Crippen LogP) is 5.14. The average Bonchev–Trinajstić information content (AvgIpc) is 2.88. The number of allylic oxidation sites excluding steroid dienone is 2. The molecule has 0 aliphatic carbocycles. The Balaban J connectivity index is 2.03. The lowest BCUT2D eigenvalue weighted by atomic mass is 9.97. The molecule has 7 heteroatoms. The molecule has 0 aliphatic heterocycles. The highest BCUT2D eigenvalue weighted by atomic mass is 16.1. The van der Waals surface area contributed by atoms with Gasteiger partial charge in [-0.1, -0.05) is 61.2 Å². The average molecular weight is 479 g/mol. The van der Waals surface area contributed by atoms with Crippen LogP contribution in [0.2, 0.25) is 0 Å². The zero-order valence-electron chi connectivity index (χ0n) is 20.5. The van der Waals surface area contributed by atoms with Crippen molar-refractivity contribution in [1.82, 2.24) is 4.98 Å². The number of benzene rings is 2. The van der Waals surface area contributed by atoms with Gasteiger partial charge in [-0.05, 0) is 54.1 Å². The van der Waals surface area contributed by atoms with Crippen LogP contribution in [0.5, 0.6) is 0 Å². The number of aromatic nitrogens is 1. The first kappa shape index (κ1) is 25.8. The molecule has 3 rings (SSSR count). The summed E-state index contributed by atoms with van der Waals surface area (Å²) in [5, 5.41) is 2.67. The van der Waals surface area contributed by atoms with Crippen molar-refractivity contribution in [2.75, 3.05) is 11.9 Å². The van der Waals surface area contributed by atoms with E-state index in [1.54, 1.807) is 24.4 Å². The van der Waals surface area contributed by atoms with Crippen LogP contribution in [0.1, 0.15) is 25.0 Å². The van der Waals surface area contributed by atoms with Gasteiger partial charge >= 0.3 is 0 Å². The molecule has 2 aromatic carbocycles. The van der Waals surface area contributed by atoms with E-state index < -0.39 is 0 Å². The minimum atomic E-state index is -0.174. The molecule has 1 amide bonds. The normalized spacial score (nSPS) is 12.3. The molecule has 1 aromatic heterocycles. The Labute approximate surface area is 211 Å². The van der Waals surface area contributed by atoms with Crippen LogP contribution < -0.4 is 16.8 Å². The summed E-state index contributed by atoms with van der Waals surface area (Å²) in [6.07, 6.45) is 8.48. The van der Waals surface area contributed by atoms with E-state index in [2.05, 4.69) is 21.9 Å². The van der Waals surface area contributed by atoms with Gasteiger partial charge in [0, 0.05) is 30.0 Å². The van der Waals surface area contributed by atoms with Crippen molar-refractivity contribution in [1.29, 1.82) is 0 Å². The van der Waals surface area contributed by atoms with Crippen molar-refractivity contribution < 1.29 is 4.79 Å². The smallest absolute Gasteiger partial charge is 0.222 e. The lowest BCUT2D eigenvalue weighted by Gasteiger charge is -2.14. The topological polar surface area (TPSA) is 119 Å². The predicted molar refractivity (Wildman–Crippen MR) is 149 cm³/mol. The van der Waals surface area contributed by atoms with Crippen LogP contribution in [0.3, 0.4) is 0 Å². The van der Waals surface area contributed by atoms with Gasteiger partial charge in [-0.15, -0.1) is 0 Å². The first-order valence-corrected chi connectivity index (χ1v) is 11.4. The zero-order chi connectivity index (χ0) is 25.9. The van der Waals surface area contributed by atoms with Crippen molar-refractivity contribution in [2.24, 2.45) is 21.5 Å². The number of amidine groups is 1. The van der Waals surface area contributed by atoms with E-state index in [0.29, 0.717) is 23.9 Å². The Kier molecular flexibility index (Phi) is 9.06. The van der Waals surface area contributed by atoms with E-state index in [0.717, 1.165) is 33.5 Å². The summed E-state index contributed by atoms with van der Waals surface area (Å²) in [4.78, 5) is 25.1. The van der Waals surface area contributed by atoms with Crippen LogP contribution in [-0.4, -0.2) is 29.0 Å². The number of carbonyl (C=O) groups is 1. The molecule has 0 radical (unpaired) electrons. The van der Waals surface area contributed by atoms with Crippen molar-refractivity contribution in [3.8, 4) is 11.1 Å². The van der Waals surface area contributed by atoms with Gasteiger partial charge in [0.2, 0.25) is 5.91 Å². The molecule has 36 heavy (non-hydrogen) atoms. The van der Waals surface area contributed by atoms with Gasteiger partial charge in [-0.2, -0.15) is 0 Å². The number of hydrogen-bond acceptors (Lipinski definition) is 5. The van der Waals surface area contributed by atoms with Crippen molar-refractivity contribution in [3.63, 3.8) is 0 Å². The largest absolute Gasteiger partial charge is 0.405 e. The summed E-state index contributed by atoms with van der Waals surface area (Å²) in [7, 11) is 0. The lowest BCUT2D eigenvalue weighted by molar-refractivity contribution is -0.114. The number of nitrogens with zero attached hydrogens (tertiary/aromatic N) is 3. The number of nitrogens with one attached hydrogen (secondary N) is 1. The van der Waals surface area contributed by atoms with Crippen LogP contribution in [0.4, 0.5) is 11.5 Å². The maximum Gasteiger partial charge on any atom is 0.222 e. The molecule has 0 aliphatic rings. The summed E-state index contributed by atoms with van der Waals surface area (Å²) in [6, 6.07) is 19.4. The Hall–Kier alpha value is -4.78. The highest BCUT2D eigenvalue weighted by Gasteiger charge is 2.14. The number of amides is 1. The van der Waals surface area contributed by atoms with Gasteiger partial charge < -0.3 is 16.8 Å². The minimum Gasteiger partial charge on any atom is -0.405 e. The summed E-state index contributed by atoms with van der Waals surface area (Å²) < 4.78 is 0. The molecule has 182 valence electrons. The Morgan fingerprint density at radius 3 is 2.50 bits per heavy atom. The third-order valence-corrected chi connectivity index (χ3v) is 5.16. The van der Waals surface area contributed by atoms with Crippen molar-refractivity contribution in [3.05, 3.63) is 115 Å². The first-order valence-electron chi connectivity index (χ1n) is 11.4. The zero-order valence-corrected chi connectivity index (χ0v) is 20.5. The fourth-order valence-corrected chi connectivity index (χ4v) is 3.44. The van der Waals surface area contributed by atoms with Crippen LogP contribution >= 0.6 is 0 Å². The van der Waals surface area contributed by atoms with Crippen LogP contribution in [0.15, 0.2) is 113 Å². The number of nitrogens with two attached hydrogens (primary N) is 2. The van der Waals surface area contributed by atoms with Gasteiger partial charge in [0.1, 0.15) is 11.7 Å². The molecule has 0 fully saturated rings. The molecule has 3 aromatic rings. The quantitative estimate of drug-likeness (QED) is 0.224. The maximum absolute atomic E-state index is 11.3. The monoisotopic (exact) mass is 478 g/mol. The van der Waals surface area contributed by atoms with Gasteiger partial charge in [0.15, 0.2) is 0 Å². The number of aliphatic imine (C=N–C) groups is 2. The lowest BCUT2D eigenvalue weighted by Crippen LogP contribution is -2.16. The second-order valence-electron chi connectivity index (χ2n) is 7.98. The third kappa shape index (κ3) is 7.11. The molecular weight excluding hydrogens is 448 g/mol. The summed E-state index contributed by atoms with van der Waals surface area (Å²) in [5.41, 5.74) is 17.6. The summed E-state index contributed by atoms with van der Waals surface area (Å²) in [6.45, 7) is 7.70. The molecule has 0 spiro atoms. The summed E-state index contributed by atoms with van der Waals surface area (Å²) >= 11 is 0. The second kappa shape index (κ2) is 12.6. The molecule has 0 atom stereocenters. The standard InChI is InChI=1S/C29H30N6O/c1-20(10-7-8-17-30)18-33-29(31)28-25(23-11-5-4-6-12-23)13-9-14-26(28)34-21(2)24-15-16-27(32-19-24)35-22(3)36/h4-17,19H,1,18,30H2,2-3H3,(H2,31,33)(H,32,35,36)/b10-7-,17-8-,34-21?. The van der Waals surface area contributed by atoms with Crippen molar-refractivity contribution in [2.45, 2.75) is 13.8 Å². The number of carbonyl (C=O) groups excluding carboxylic acids is 1. The second-order valence-corrected chi connectivity index (χ2v) is 7.98. The van der Waals surface area contributed by atoms with Gasteiger partial charge in [-0.25, -0.2) is 4.98 Å². The van der Waals surface area contributed by atoms with E-state index in [9.17, 15) is 4.79 Å². The maximum atomic E-state index is 11.3. The molecule has 7 nitrogen and oxygen atoms in total. The van der Waals surface area contributed by atoms with E-state index in [4.69, 9.17) is 16.5 Å². The fraction of sp³-hybridized carbons (Fsp3) is 0.103. The van der Waals surface area contributed by atoms with E-state index >= 15 is 0 Å². The SMILES string of the molecule is C=C(/C=C\C=C/N)CN=C(N)c1c(N=C(C)c2ccc(NC(C)=O)nc2)cccc1-c1ccccc1. The highest BCUT2D eigenvalue weighted by molar-refractivity contribution is 6.09. The first-order chi connectivity index (χ1) is 17.4. The van der Waals surface area contributed by atoms with Crippen LogP contribution in [0, 0.1) is 0 Å². The Morgan fingerprint density at radius 2 is 1.83 bits per heavy atom. The van der Waals surface area contributed by atoms with E-state index in [1.807, 2.05) is 67.6 Å². The number of anilines is 1. The summed E-state index contributed by atoms with van der Waals surface area (Å²) in [5.74, 6) is 0.675. The van der Waals surface area contributed by atoms with E-state index in [1.165, 1.54) is 13.1 Å². The third-order valence-electron chi connectivity index (χ3n) is 5.16. The molecule has 0 saturated heterocycles. The van der Waals surface area contributed by atoms with Gasteiger partial charge in [0.05, 0.1) is 12.2 Å². The van der Waals surface area contributed by atoms with Gasteiger partial charge in [-0.3, -0.25) is 14.8 Å². The van der Waals surface area contributed by atoms with Crippen molar-refractivity contribution >= 4 is 29.0 Å². The van der Waals surface area contributed by atoms with Gasteiger partial charge in [0.25, 0.3) is 0 Å². The molecular formula is C29H30N6O. The van der Waals surface area contributed by atoms with Crippen LogP contribution in [-0.2, 0) is 4.79 Å². The Morgan fingerprint density at radius 1 is 1.06 bits per heavy atom. The highest BCUT2D eigenvalue weighted by Crippen LogP contribution is 2.31. The molecule has 0 unspecified atom stereocenters. The number of hydrogen-bond donors (Lipinski definition) is 3. The number of rotatable bonds is 9. The fourth-order valence-electron chi connectivity index (χ4n) is 3.44. The van der Waals surface area contributed by atoms with E-state index in [-0.39, 0.29) is 5.91 Å². The number of pyridine rings is 1. The molecule has 0 bridgehead atoms. The Bertz CT molecular complexity index is 1340.